The number of aromatic nitrogens is 4. The molecule has 4 atom stereocenters. The number of alkyl halides is 1. The normalized spacial score (nSPS) is 22.2. The Morgan fingerprint density at radius 2 is 1.67 bits per heavy atom. The van der Waals surface area contributed by atoms with E-state index in [0.717, 1.165) is 25.7 Å². The van der Waals surface area contributed by atoms with Gasteiger partial charge in [-0.15, -0.1) is 0 Å². The second-order valence-corrected chi connectivity index (χ2v) is 10.2. The first-order valence-electron chi connectivity index (χ1n) is 13.8. The molecule has 1 aliphatic heterocycles. The fourth-order valence-electron chi connectivity index (χ4n) is 5.31. The zero-order valence-corrected chi connectivity index (χ0v) is 22.5. The number of imidazole rings is 1. The first kappa shape index (κ1) is 27.5. The summed E-state index contributed by atoms with van der Waals surface area (Å²) >= 11 is 0. The quantitative estimate of drug-likeness (QED) is 0.228. The van der Waals surface area contributed by atoms with Gasteiger partial charge < -0.3 is 19.5 Å². The zero-order chi connectivity index (χ0) is 29.1. The van der Waals surface area contributed by atoms with E-state index in [-0.39, 0.29) is 29.7 Å². The van der Waals surface area contributed by atoms with Crippen LogP contribution in [0.4, 0.5) is 10.2 Å². The van der Waals surface area contributed by atoms with Gasteiger partial charge in [-0.3, -0.25) is 9.36 Å². The highest BCUT2D eigenvalue weighted by Gasteiger charge is 2.50. The summed E-state index contributed by atoms with van der Waals surface area (Å²) < 4.78 is 34.6. The maximum absolute atomic E-state index is 16.2. The first-order valence-corrected chi connectivity index (χ1v) is 13.8. The van der Waals surface area contributed by atoms with E-state index < -0.39 is 36.5 Å². The molecule has 2 aliphatic rings. The van der Waals surface area contributed by atoms with Crippen molar-refractivity contribution in [3.05, 3.63) is 83.9 Å². The minimum Gasteiger partial charge on any atom is -0.459 e. The number of nitrogens with zero attached hydrogens (tertiary/aromatic N) is 4. The average Bonchev–Trinajstić information content (AvgIpc) is 3.77. The highest BCUT2D eigenvalue weighted by molar-refractivity contribution is 5.90. The number of aldehydes is 1. The molecule has 3 heterocycles. The minimum atomic E-state index is -1.89. The summed E-state index contributed by atoms with van der Waals surface area (Å²) in [6, 6.07) is 16.7. The molecule has 12 heteroatoms. The van der Waals surface area contributed by atoms with Gasteiger partial charge in [-0.2, -0.15) is 0 Å². The minimum absolute atomic E-state index is 0.0986. The number of halogens is 1. The topological polar surface area (TPSA) is 135 Å². The first-order chi connectivity index (χ1) is 20.5. The van der Waals surface area contributed by atoms with E-state index >= 15 is 4.39 Å². The van der Waals surface area contributed by atoms with Crippen LogP contribution in [0.2, 0.25) is 0 Å². The van der Waals surface area contributed by atoms with Crippen LogP contribution in [0.1, 0.15) is 63.2 Å². The molecule has 2 aromatic heterocycles. The van der Waals surface area contributed by atoms with Crippen molar-refractivity contribution >= 4 is 35.2 Å². The number of anilines is 1. The van der Waals surface area contributed by atoms with Gasteiger partial charge in [0.15, 0.2) is 47.6 Å². The van der Waals surface area contributed by atoms with Crippen LogP contribution in [0.5, 0.6) is 0 Å². The Balaban J connectivity index is 1.29. The molecule has 1 saturated heterocycles. The lowest BCUT2D eigenvalue weighted by atomic mass is 10.1. The maximum Gasteiger partial charge on any atom is 0.338 e. The molecule has 0 spiro atoms. The highest BCUT2D eigenvalue weighted by Crippen LogP contribution is 2.37. The molecular formula is C30H28FN5O6. The molecule has 216 valence electrons. The molecule has 0 radical (unpaired) electrons. The van der Waals surface area contributed by atoms with Gasteiger partial charge in [0, 0.05) is 6.04 Å². The summed E-state index contributed by atoms with van der Waals surface area (Å²) in [5.74, 6) is -1.11. The summed E-state index contributed by atoms with van der Waals surface area (Å²) in [6.45, 7) is -0.382. The molecule has 2 fully saturated rings. The zero-order valence-electron chi connectivity index (χ0n) is 22.5. The second-order valence-electron chi connectivity index (χ2n) is 10.2. The van der Waals surface area contributed by atoms with Crippen molar-refractivity contribution < 1.29 is 33.0 Å². The van der Waals surface area contributed by atoms with Gasteiger partial charge in [0.2, 0.25) is 0 Å². The number of esters is 2. The number of rotatable bonds is 9. The van der Waals surface area contributed by atoms with Crippen molar-refractivity contribution in [1.29, 1.82) is 0 Å². The van der Waals surface area contributed by atoms with Crippen molar-refractivity contribution in [2.75, 3.05) is 11.9 Å². The van der Waals surface area contributed by atoms with Crippen LogP contribution in [-0.4, -0.2) is 68.8 Å². The third-order valence-electron chi connectivity index (χ3n) is 7.42. The molecule has 0 amide bonds. The third-order valence-corrected chi connectivity index (χ3v) is 7.42. The molecule has 11 nitrogen and oxygen atoms in total. The van der Waals surface area contributed by atoms with Crippen molar-refractivity contribution in [1.82, 2.24) is 19.5 Å². The number of benzene rings is 2. The number of carbonyl (C=O) groups excluding carboxylic acids is 3. The van der Waals surface area contributed by atoms with Crippen molar-refractivity contribution in [3.63, 3.8) is 0 Å². The molecule has 42 heavy (non-hydrogen) atoms. The largest absolute Gasteiger partial charge is 0.459 e. The number of fused-ring (bicyclic) bond motifs is 1. The predicted octanol–water partition coefficient (Wildman–Crippen LogP) is 4.31. The molecule has 4 aromatic rings. The van der Waals surface area contributed by atoms with Gasteiger partial charge >= 0.3 is 11.9 Å². The van der Waals surface area contributed by atoms with Crippen molar-refractivity contribution in [3.8, 4) is 0 Å². The smallest absolute Gasteiger partial charge is 0.338 e. The molecule has 1 aliphatic carbocycles. The van der Waals surface area contributed by atoms with Gasteiger partial charge in [-0.1, -0.05) is 49.2 Å². The van der Waals surface area contributed by atoms with E-state index in [1.54, 1.807) is 60.7 Å². The molecule has 6 rings (SSSR count). The number of hydrogen-bond acceptors (Lipinski definition) is 10. The second kappa shape index (κ2) is 12.0. The summed E-state index contributed by atoms with van der Waals surface area (Å²) in [5, 5.41) is 3.34. The lowest BCUT2D eigenvalue weighted by Gasteiger charge is -2.19. The van der Waals surface area contributed by atoms with E-state index in [1.807, 2.05) is 0 Å². The molecule has 1 saturated carbocycles. The Bertz CT molecular complexity index is 1580. The van der Waals surface area contributed by atoms with Crippen LogP contribution in [0, 0.1) is 0 Å². The van der Waals surface area contributed by atoms with Gasteiger partial charge in [-0.25, -0.2) is 28.9 Å². The Morgan fingerprint density at radius 1 is 1.00 bits per heavy atom. The van der Waals surface area contributed by atoms with Crippen LogP contribution in [0.25, 0.3) is 11.2 Å². The Morgan fingerprint density at radius 3 is 2.33 bits per heavy atom. The van der Waals surface area contributed by atoms with Gasteiger partial charge in [0.1, 0.15) is 12.7 Å². The van der Waals surface area contributed by atoms with Crippen molar-refractivity contribution in [2.45, 2.75) is 56.3 Å². The SMILES string of the molecule is O=Cc1nc(NC2CCCC2)c2ncn([C@@H]3O[C@H](COC(=O)c4ccccc4)[C@@H](OC(=O)c4ccccc4)[C@@H]3F)c2n1. The van der Waals surface area contributed by atoms with Crippen molar-refractivity contribution in [2.24, 2.45) is 0 Å². The fourth-order valence-corrected chi connectivity index (χ4v) is 5.31. The monoisotopic (exact) mass is 573 g/mol. The van der Waals surface area contributed by atoms with E-state index in [4.69, 9.17) is 14.2 Å². The van der Waals surface area contributed by atoms with Gasteiger partial charge in [0.25, 0.3) is 0 Å². The third kappa shape index (κ3) is 5.57. The molecule has 0 unspecified atom stereocenters. The van der Waals surface area contributed by atoms with Crippen LogP contribution < -0.4 is 5.32 Å². The number of ether oxygens (including phenoxy) is 3. The average molecular weight is 574 g/mol. The number of nitrogens with one attached hydrogen (secondary N) is 1. The summed E-state index contributed by atoms with van der Waals surface area (Å²) in [7, 11) is 0. The van der Waals surface area contributed by atoms with Crippen LogP contribution in [0.15, 0.2) is 67.0 Å². The molecule has 2 aromatic carbocycles. The van der Waals surface area contributed by atoms with Crippen LogP contribution in [0.3, 0.4) is 0 Å². The predicted molar refractivity (Wildman–Crippen MR) is 148 cm³/mol. The van der Waals surface area contributed by atoms with Gasteiger partial charge in [-0.05, 0) is 37.1 Å². The Labute approximate surface area is 240 Å². The number of carbonyl (C=O) groups is 3. The van der Waals surface area contributed by atoms with Crippen LogP contribution >= 0.6 is 0 Å². The molecule has 0 bridgehead atoms. The lowest BCUT2D eigenvalue weighted by molar-refractivity contribution is -0.0570. The standard InChI is InChI=1S/C30H28FN5O6/c31-23-25(42-30(39)19-11-5-2-6-12-19)21(16-40-29(38)18-9-3-1-4-10-18)41-28(23)36-17-32-24-26(33-20-13-7-8-14-20)34-22(15-37)35-27(24)36/h1-6,9-12,15,17,20-21,23,25,28H,7-8,13-14,16H2,(H,33,34,35)/t21-,23+,25-,28-/m1/s1. The van der Waals surface area contributed by atoms with E-state index in [2.05, 4.69) is 20.3 Å². The van der Waals surface area contributed by atoms with E-state index in [1.165, 1.54) is 10.9 Å². The van der Waals surface area contributed by atoms with E-state index in [0.29, 0.717) is 23.2 Å². The van der Waals surface area contributed by atoms with E-state index in [9.17, 15) is 14.4 Å². The Hall–Kier alpha value is -4.71. The van der Waals surface area contributed by atoms with Crippen LogP contribution in [-0.2, 0) is 14.2 Å². The lowest BCUT2D eigenvalue weighted by Crippen LogP contribution is -2.37. The summed E-state index contributed by atoms with van der Waals surface area (Å²) in [5.41, 5.74) is 1.06. The molecular weight excluding hydrogens is 545 g/mol. The summed E-state index contributed by atoms with van der Waals surface area (Å²) in [6.07, 6.45) is 0.124. The van der Waals surface area contributed by atoms with Gasteiger partial charge in [0.05, 0.1) is 17.5 Å². The maximum atomic E-state index is 16.2. The highest BCUT2D eigenvalue weighted by atomic mass is 19.1. The Kier molecular flexibility index (Phi) is 7.87. The molecule has 1 N–H and O–H groups in total. The summed E-state index contributed by atoms with van der Waals surface area (Å²) in [4.78, 5) is 50.2. The fraction of sp³-hybridized carbons (Fsp3) is 0.333. The number of hydrogen-bond donors (Lipinski definition) is 1.